The number of anilines is 1. The Morgan fingerprint density at radius 2 is 2.28 bits per heavy atom. The molecule has 1 amide bonds. The molecule has 0 aromatic carbocycles. The SMILES string of the molecule is Cc1ncncc1N1CC(CS(=O)(=O)F)CC1=O. The van der Waals surface area contributed by atoms with Crippen LogP contribution in [0.2, 0.25) is 0 Å². The highest BCUT2D eigenvalue weighted by Gasteiger charge is 2.34. The summed E-state index contributed by atoms with van der Waals surface area (Å²) in [5, 5.41) is 0. The molecule has 1 aromatic rings. The van der Waals surface area contributed by atoms with E-state index in [-0.39, 0.29) is 18.9 Å². The van der Waals surface area contributed by atoms with Gasteiger partial charge in [0.25, 0.3) is 0 Å². The van der Waals surface area contributed by atoms with Gasteiger partial charge in [0, 0.05) is 18.9 Å². The predicted molar refractivity (Wildman–Crippen MR) is 62.1 cm³/mol. The Hall–Kier alpha value is -1.57. The van der Waals surface area contributed by atoms with E-state index in [0.29, 0.717) is 11.4 Å². The Labute approximate surface area is 104 Å². The minimum Gasteiger partial charge on any atom is -0.309 e. The number of hydrogen-bond donors (Lipinski definition) is 0. The first-order valence-electron chi connectivity index (χ1n) is 5.36. The molecule has 6 nitrogen and oxygen atoms in total. The van der Waals surface area contributed by atoms with Gasteiger partial charge in [-0.2, -0.15) is 8.42 Å². The molecule has 1 aliphatic rings. The lowest BCUT2D eigenvalue weighted by molar-refractivity contribution is -0.117. The summed E-state index contributed by atoms with van der Waals surface area (Å²) in [4.78, 5) is 21.0. The van der Waals surface area contributed by atoms with Gasteiger partial charge >= 0.3 is 10.2 Å². The fourth-order valence-electron chi connectivity index (χ4n) is 2.06. The van der Waals surface area contributed by atoms with Crippen LogP contribution in [-0.4, -0.2) is 36.6 Å². The summed E-state index contributed by atoms with van der Waals surface area (Å²) in [6, 6.07) is 0. The van der Waals surface area contributed by atoms with Crippen molar-refractivity contribution in [3.8, 4) is 0 Å². The summed E-state index contributed by atoms with van der Waals surface area (Å²) in [5.74, 6) is -1.38. The van der Waals surface area contributed by atoms with E-state index in [1.165, 1.54) is 17.4 Å². The van der Waals surface area contributed by atoms with Crippen molar-refractivity contribution < 1.29 is 17.1 Å². The maximum absolute atomic E-state index is 12.6. The summed E-state index contributed by atoms with van der Waals surface area (Å²) in [7, 11) is -4.56. The van der Waals surface area contributed by atoms with E-state index >= 15 is 0 Å². The molecule has 0 spiro atoms. The molecule has 1 fully saturated rings. The number of amides is 1. The lowest BCUT2D eigenvalue weighted by Crippen LogP contribution is -2.26. The minimum atomic E-state index is -4.56. The van der Waals surface area contributed by atoms with Crippen LogP contribution in [0.25, 0.3) is 0 Å². The van der Waals surface area contributed by atoms with E-state index in [4.69, 9.17) is 0 Å². The first-order valence-corrected chi connectivity index (χ1v) is 6.91. The Kier molecular flexibility index (Phi) is 3.29. The maximum Gasteiger partial charge on any atom is 0.302 e. The minimum absolute atomic E-state index is 0.0253. The van der Waals surface area contributed by atoms with Crippen LogP contribution in [0.15, 0.2) is 12.5 Å². The second-order valence-corrected chi connectivity index (χ2v) is 5.68. The molecule has 0 N–H and O–H groups in total. The number of hydrogen-bond acceptors (Lipinski definition) is 5. The van der Waals surface area contributed by atoms with Gasteiger partial charge in [0.1, 0.15) is 6.33 Å². The Morgan fingerprint density at radius 1 is 1.56 bits per heavy atom. The lowest BCUT2D eigenvalue weighted by atomic mass is 10.1. The second-order valence-electron chi connectivity index (χ2n) is 4.27. The normalized spacial score (nSPS) is 20.4. The average Bonchev–Trinajstić information content (AvgIpc) is 2.57. The third-order valence-electron chi connectivity index (χ3n) is 2.82. The van der Waals surface area contributed by atoms with Crippen LogP contribution in [0.4, 0.5) is 9.57 Å². The van der Waals surface area contributed by atoms with E-state index in [1.54, 1.807) is 6.92 Å². The van der Waals surface area contributed by atoms with Crippen molar-refractivity contribution in [3.05, 3.63) is 18.2 Å². The fourth-order valence-corrected chi connectivity index (χ4v) is 2.84. The Balaban J connectivity index is 2.18. The number of carbonyl (C=O) groups excluding carboxylic acids is 1. The number of rotatable bonds is 3. The molecular weight excluding hydrogens is 261 g/mol. The Morgan fingerprint density at radius 3 is 2.89 bits per heavy atom. The van der Waals surface area contributed by atoms with Crippen molar-refractivity contribution in [1.82, 2.24) is 9.97 Å². The monoisotopic (exact) mass is 273 g/mol. The zero-order valence-corrected chi connectivity index (χ0v) is 10.5. The van der Waals surface area contributed by atoms with Gasteiger partial charge in [-0.15, -0.1) is 3.89 Å². The van der Waals surface area contributed by atoms with Crippen LogP contribution < -0.4 is 4.90 Å². The van der Waals surface area contributed by atoms with Gasteiger partial charge in [-0.3, -0.25) is 4.79 Å². The second kappa shape index (κ2) is 4.60. The molecule has 8 heteroatoms. The van der Waals surface area contributed by atoms with Crippen molar-refractivity contribution in [3.63, 3.8) is 0 Å². The molecule has 1 saturated heterocycles. The van der Waals surface area contributed by atoms with Crippen molar-refractivity contribution in [1.29, 1.82) is 0 Å². The molecule has 2 rings (SSSR count). The molecule has 2 heterocycles. The van der Waals surface area contributed by atoms with Crippen molar-refractivity contribution in [2.45, 2.75) is 13.3 Å². The highest BCUT2D eigenvalue weighted by Crippen LogP contribution is 2.27. The molecule has 0 aliphatic carbocycles. The van der Waals surface area contributed by atoms with Crippen molar-refractivity contribution in [2.75, 3.05) is 17.2 Å². The molecule has 98 valence electrons. The van der Waals surface area contributed by atoms with Crippen molar-refractivity contribution >= 4 is 21.8 Å². The highest BCUT2D eigenvalue weighted by molar-refractivity contribution is 7.86. The zero-order valence-electron chi connectivity index (χ0n) is 9.71. The standard InChI is InChI=1S/C10H12FN3O3S/c1-7-9(3-12-6-13-7)14-4-8(2-10(14)15)5-18(11,16)17/h3,6,8H,2,4-5H2,1H3. The molecular formula is C10H12FN3O3S. The summed E-state index contributed by atoms with van der Waals surface area (Å²) in [6.07, 6.45) is 2.88. The first-order chi connectivity index (χ1) is 8.37. The van der Waals surface area contributed by atoms with E-state index in [9.17, 15) is 17.1 Å². The molecule has 18 heavy (non-hydrogen) atoms. The third-order valence-corrected chi connectivity index (χ3v) is 3.69. The average molecular weight is 273 g/mol. The first kappa shape index (κ1) is 12.9. The summed E-state index contributed by atoms with van der Waals surface area (Å²) < 4.78 is 33.8. The molecule has 0 bridgehead atoms. The molecule has 1 aliphatic heterocycles. The largest absolute Gasteiger partial charge is 0.309 e. The van der Waals surface area contributed by atoms with Gasteiger partial charge in [0.15, 0.2) is 0 Å². The number of aryl methyl sites for hydroxylation is 1. The summed E-state index contributed by atoms with van der Waals surface area (Å²) in [5.41, 5.74) is 1.17. The van der Waals surface area contributed by atoms with E-state index in [0.717, 1.165) is 0 Å². The highest BCUT2D eigenvalue weighted by atomic mass is 32.3. The predicted octanol–water partition coefficient (Wildman–Crippen LogP) is 0.437. The van der Waals surface area contributed by atoms with Gasteiger partial charge in [0.05, 0.1) is 23.3 Å². The molecule has 0 radical (unpaired) electrons. The summed E-state index contributed by atoms with van der Waals surface area (Å²) >= 11 is 0. The van der Waals surface area contributed by atoms with Crippen LogP contribution in [0.5, 0.6) is 0 Å². The van der Waals surface area contributed by atoms with Crippen LogP contribution in [-0.2, 0) is 15.0 Å². The van der Waals surface area contributed by atoms with Gasteiger partial charge in [-0.25, -0.2) is 9.97 Å². The van der Waals surface area contributed by atoms with Gasteiger partial charge in [-0.05, 0) is 6.92 Å². The number of nitrogens with zero attached hydrogens (tertiary/aromatic N) is 3. The quantitative estimate of drug-likeness (QED) is 0.746. The van der Waals surface area contributed by atoms with Crippen LogP contribution in [0.3, 0.4) is 0 Å². The molecule has 1 aromatic heterocycles. The molecule has 0 saturated carbocycles. The fraction of sp³-hybridized carbons (Fsp3) is 0.500. The van der Waals surface area contributed by atoms with Gasteiger partial charge in [-0.1, -0.05) is 0 Å². The summed E-state index contributed by atoms with van der Waals surface area (Å²) in [6.45, 7) is 1.90. The lowest BCUT2D eigenvalue weighted by Gasteiger charge is -2.17. The number of aromatic nitrogens is 2. The maximum atomic E-state index is 12.6. The van der Waals surface area contributed by atoms with Crippen molar-refractivity contribution in [2.24, 2.45) is 5.92 Å². The van der Waals surface area contributed by atoms with Gasteiger partial charge in [0.2, 0.25) is 5.91 Å². The molecule has 1 unspecified atom stereocenters. The topological polar surface area (TPSA) is 80.2 Å². The smallest absolute Gasteiger partial charge is 0.302 e. The van der Waals surface area contributed by atoms with Gasteiger partial charge < -0.3 is 4.90 Å². The van der Waals surface area contributed by atoms with Crippen LogP contribution >= 0.6 is 0 Å². The van der Waals surface area contributed by atoms with E-state index < -0.39 is 21.9 Å². The van der Waals surface area contributed by atoms with E-state index in [1.807, 2.05) is 0 Å². The molecule has 1 atom stereocenters. The number of carbonyl (C=O) groups is 1. The third kappa shape index (κ3) is 2.81. The number of halogens is 1. The zero-order chi connectivity index (χ0) is 13.3. The Bertz CT molecular complexity index is 575. The van der Waals surface area contributed by atoms with E-state index in [2.05, 4.69) is 9.97 Å². The van der Waals surface area contributed by atoms with Crippen LogP contribution in [0, 0.1) is 12.8 Å². The van der Waals surface area contributed by atoms with Crippen LogP contribution in [0.1, 0.15) is 12.1 Å².